The summed E-state index contributed by atoms with van der Waals surface area (Å²) in [5.41, 5.74) is 1.77. The zero-order valence-corrected chi connectivity index (χ0v) is 14.4. The Kier molecular flexibility index (Phi) is 4.05. The zero-order valence-electron chi connectivity index (χ0n) is 13.6. The van der Waals surface area contributed by atoms with Crippen LogP contribution in [0.2, 0.25) is 0 Å². The number of likely N-dealkylation sites (tertiary alicyclic amines) is 1. The number of hydrogen-bond donors (Lipinski definition) is 0. The highest BCUT2D eigenvalue weighted by molar-refractivity contribution is 8.01. The van der Waals surface area contributed by atoms with Gasteiger partial charge in [0.15, 0.2) is 0 Å². The highest BCUT2D eigenvalue weighted by atomic mass is 32.2. The summed E-state index contributed by atoms with van der Waals surface area (Å²) in [4.78, 5) is 18.4. The molecule has 0 radical (unpaired) electrons. The third kappa shape index (κ3) is 3.06. The minimum Gasteiger partial charge on any atom is -0.373 e. The number of rotatable bonds is 4. The third-order valence-corrected chi connectivity index (χ3v) is 6.16. The molecule has 0 N–H and O–H groups in total. The molecule has 0 unspecified atom stereocenters. The number of nitrogens with zero attached hydrogens (tertiary/aromatic N) is 4. The summed E-state index contributed by atoms with van der Waals surface area (Å²) < 4.78 is 7.87. The standard InChI is InChI=1S/C17H20N4O2S/c1-20-8-14(7-19-20)16(22)21-11-17(12-21)5-15(10-24-17)23-9-13-3-2-4-18-6-13/h2-4,6-8,15H,5,9-12H2,1H3/t15-/m0/s1. The molecule has 1 spiro atoms. The van der Waals surface area contributed by atoms with Gasteiger partial charge in [0, 0.05) is 44.5 Å². The van der Waals surface area contributed by atoms with Crippen LogP contribution < -0.4 is 0 Å². The monoisotopic (exact) mass is 344 g/mol. The number of thioether (sulfide) groups is 1. The molecule has 126 valence electrons. The Morgan fingerprint density at radius 1 is 1.46 bits per heavy atom. The second-order valence-corrected chi connectivity index (χ2v) is 8.04. The number of pyridine rings is 1. The van der Waals surface area contributed by atoms with Crippen LogP contribution in [-0.2, 0) is 18.4 Å². The summed E-state index contributed by atoms with van der Waals surface area (Å²) in [6.45, 7) is 2.21. The lowest BCUT2D eigenvalue weighted by molar-refractivity contribution is 0.0254. The summed E-state index contributed by atoms with van der Waals surface area (Å²) in [5.74, 6) is 1.07. The van der Waals surface area contributed by atoms with E-state index < -0.39 is 0 Å². The molecule has 2 aliphatic rings. The van der Waals surface area contributed by atoms with Gasteiger partial charge in [-0.25, -0.2) is 0 Å². The minimum absolute atomic E-state index is 0.0778. The van der Waals surface area contributed by atoms with Crippen molar-refractivity contribution in [1.82, 2.24) is 19.7 Å². The molecule has 2 aromatic rings. The molecule has 6 nitrogen and oxygen atoms in total. The van der Waals surface area contributed by atoms with E-state index in [2.05, 4.69) is 10.1 Å². The molecule has 0 saturated carbocycles. The number of ether oxygens (including phenoxy) is 1. The molecule has 2 aromatic heterocycles. The normalized spacial score (nSPS) is 21.9. The van der Waals surface area contributed by atoms with Gasteiger partial charge in [-0.3, -0.25) is 14.5 Å². The van der Waals surface area contributed by atoms with Gasteiger partial charge in [0.2, 0.25) is 0 Å². The maximum atomic E-state index is 12.4. The summed E-state index contributed by atoms with van der Waals surface area (Å²) in [7, 11) is 1.82. The van der Waals surface area contributed by atoms with Crippen molar-refractivity contribution in [2.45, 2.75) is 23.9 Å². The molecular formula is C17H20N4O2S. The summed E-state index contributed by atoms with van der Waals surface area (Å²) in [5, 5.41) is 4.07. The number of carbonyl (C=O) groups is 1. The van der Waals surface area contributed by atoms with Crippen molar-refractivity contribution in [2.75, 3.05) is 18.8 Å². The molecule has 7 heteroatoms. The average Bonchev–Trinajstić information content (AvgIpc) is 3.18. The SMILES string of the molecule is Cn1cc(C(=O)N2CC3(C[C@H](OCc4cccnc4)CS3)C2)cn1. The van der Waals surface area contributed by atoms with Gasteiger partial charge in [0.05, 0.1) is 29.2 Å². The molecule has 1 amide bonds. The third-order valence-electron chi connectivity index (χ3n) is 4.58. The van der Waals surface area contributed by atoms with Crippen molar-refractivity contribution in [3.63, 3.8) is 0 Å². The number of amides is 1. The van der Waals surface area contributed by atoms with Gasteiger partial charge in [-0.1, -0.05) is 6.07 Å². The number of aromatic nitrogens is 3. The van der Waals surface area contributed by atoms with Crippen LogP contribution in [0, 0.1) is 0 Å². The fraction of sp³-hybridized carbons (Fsp3) is 0.471. The molecule has 0 aliphatic carbocycles. The van der Waals surface area contributed by atoms with Crippen LogP contribution in [0.15, 0.2) is 36.9 Å². The van der Waals surface area contributed by atoms with E-state index in [9.17, 15) is 4.79 Å². The van der Waals surface area contributed by atoms with E-state index in [0.717, 1.165) is 30.8 Å². The highest BCUT2D eigenvalue weighted by Crippen LogP contribution is 2.46. The summed E-state index contributed by atoms with van der Waals surface area (Å²) in [6.07, 6.45) is 8.28. The van der Waals surface area contributed by atoms with E-state index in [4.69, 9.17) is 4.74 Å². The molecule has 1 atom stereocenters. The van der Waals surface area contributed by atoms with Crippen LogP contribution in [0.4, 0.5) is 0 Å². The summed E-state index contributed by atoms with van der Waals surface area (Å²) in [6, 6.07) is 3.96. The Morgan fingerprint density at radius 3 is 3.04 bits per heavy atom. The predicted molar refractivity (Wildman–Crippen MR) is 91.7 cm³/mol. The maximum absolute atomic E-state index is 12.4. The van der Waals surface area contributed by atoms with E-state index in [1.54, 1.807) is 23.3 Å². The minimum atomic E-state index is 0.0778. The number of carbonyl (C=O) groups excluding carboxylic acids is 1. The Hall–Kier alpha value is -1.86. The second kappa shape index (κ2) is 6.22. The van der Waals surface area contributed by atoms with Crippen LogP contribution >= 0.6 is 11.8 Å². The van der Waals surface area contributed by atoms with Crippen molar-refractivity contribution >= 4 is 17.7 Å². The topological polar surface area (TPSA) is 60.2 Å². The lowest BCUT2D eigenvalue weighted by Gasteiger charge is -2.47. The molecule has 24 heavy (non-hydrogen) atoms. The lowest BCUT2D eigenvalue weighted by Crippen LogP contribution is -2.60. The number of hydrogen-bond acceptors (Lipinski definition) is 5. The molecule has 4 heterocycles. The Bertz CT molecular complexity index is 727. The van der Waals surface area contributed by atoms with Crippen LogP contribution in [0.25, 0.3) is 0 Å². The zero-order chi connectivity index (χ0) is 16.6. The van der Waals surface area contributed by atoms with Gasteiger partial charge in [0.25, 0.3) is 5.91 Å². The molecule has 2 fully saturated rings. The van der Waals surface area contributed by atoms with Crippen LogP contribution in [0.1, 0.15) is 22.3 Å². The second-order valence-electron chi connectivity index (χ2n) is 6.56. The smallest absolute Gasteiger partial charge is 0.257 e. The van der Waals surface area contributed by atoms with Crippen LogP contribution in [0.5, 0.6) is 0 Å². The number of aryl methyl sites for hydroxylation is 1. The first-order valence-corrected chi connectivity index (χ1v) is 9.05. The quantitative estimate of drug-likeness (QED) is 0.845. The van der Waals surface area contributed by atoms with E-state index in [-0.39, 0.29) is 16.8 Å². The first-order chi connectivity index (χ1) is 11.6. The Morgan fingerprint density at radius 2 is 2.33 bits per heavy atom. The molecular weight excluding hydrogens is 324 g/mol. The fourth-order valence-corrected chi connectivity index (χ4v) is 4.89. The lowest BCUT2D eigenvalue weighted by atomic mass is 9.92. The van der Waals surface area contributed by atoms with Gasteiger partial charge >= 0.3 is 0 Å². The van der Waals surface area contributed by atoms with Gasteiger partial charge in [-0.05, 0) is 18.1 Å². The van der Waals surface area contributed by atoms with Crippen LogP contribution in [-0.4, -0.2) is 55.3 Å². The molecule has 2 aliphatic heterocycles. The van der Waals surface area contributed by atoms with E-state index in [1.807, 2.05) is 42.0 Å². The molecule has 0 aromatic carbocycles. The maximum Gasteiger partial charge on any atom is 0.257 e. The average molecular weight is 344 g/mol. The summed E-state index contributed by atoms with van der Waals surface area (Å²) >= 11 is 1.94. The highest BCUT2D eigenvalue weighted by Gasteiger charge is 2.51. The Labute approximate surface area is 145 Å². The molecule has 0 bridgehead atoms. The van der Waals surface area contributed by atoms with E-state index in [1.165, 1.54) is 0 Å². The van der Waals surface area contributed by atoms with Crippen molar-refractivity contribution in [3.05, 3.63) is 48.0 Å². The first-order valence-electron chi connectivity index (χ1n) is 8.06. The van der Waals surface area contributed by atoms with Gasteiger partial charge in [-0.15, -0.1) is 11.8 Å². The fourth-order valence-electron chi connectivity index (χ4n) is 3.33. The van der Waals surface area contributed by atoms with Gasteiger partial charge < -0.3 is 9.64 Å². The molecule has 2 saturated heterocycles. The van der Waals surface area contributed by atoms with E-state index >= 15 is 0 Å². The molecule has 4 rings (SSSR count). The Balaban J connectivity index is 1.28. The van der Waals surface area contributed by atoms with Gasteiger partial charge in [-0.2, -0.15) is 5.10 Å². The van der Waals surface area contributed by atoms with Crippen molar-refractivity contribution in [3.8, 4) is 0 Å². The van der Waals surface area contributed by atoms with E-state index in [0.29, 0.717) is 12.2 Å². The van der Waals surface area contributed by atoms with Gasteiger partial charge in [0.1, 0.15) is 0 Å². The van der Waals surface area contributed by atoms with Crippen LogP contribution in [0.3, 0.4) is 0 Å². The van der Waals surface area contributed by atoms with Crippen molar-refractivity contribution in [1.29, 1.82) is 0 Å². The largest absolute Gasteiger partial charge is 0.373 e. The van der Waals surface area contributed by atoms with Crippen molar-refractivity contribution < 1.29 is 9.53 Å². The first kappa shape index (κ1) is 15.7. The van der Waals surface area contributed by atoms with Crippen molar-refractivity contribution in [2.24, 2.45) is 7.05 Å². The predicted octanol–water partition coefficient (Wildman–Crippen LogP) is 1.73.